The van der Waals surface area contributed by atoms with Crippen molar-refractivity contribution < 1.29 is 14.5 Å². The van der Waals surface area contributed by atoms with Gasteiger partial charge >= 0.3 is 5.97 Å². The molecule has 1 saturated heterocycles. The van der Waals surface area contributed by atoms with E-state index in [9.17, 15) is 14.9 Å². The van der Waals surface area contributed by atoms with Crippen molar-refractivity contribution in [2.24, 2.45) is 5.92 Å². The third-order valence-corrected chi connectivity index (χ3v) is 3.51. The van der Waals surface area contributed by atoms with Crippen molar-refractivity contribution in [1.29, 1.82) is 5.26 Å². The van der Waals surface area contributed by atoms with Crippen LogP contribution in [-0.2, 0) is 9.53 Å². The van der Waals surface area contributed by atoms with E-state index in [0.29, 0.717) is 31.7 Å². The summed E-state index contributed by atoms with van der Waals surface area (Å²) in [6, 6.07) is 3.15. The molecule has 0 amide bonds. The second-order valence-corrected chi connectivity index (χ2v) is 4.72. The highest BCUT2D eigenvalue weighted by Crippen LogP contribution is 2.26. The highest BCUT2D eigenvalue weighted by Gasteiger charge is 2.27. The molecule has 8 nitrogen and oxygen atoms in total. The van der Waals surface area contributed by atoms with Gasteiger partial charge in [0, 0.05) is 19.2 Å². The first kappa shape index (κ1) is 14.7. The van der Waals surface area contributed by atoms with Gasteiger partial charge in [-0.05, 0) is 12.8 Å². The van der Waals surface area contributed by atoms with Crippen LogP contribution >= 0.6 is 0 Å². The molecule has 1 aliphatic heterocycles. The third-order valence-electron chi connectivity index (χ3n) is 3.51. The lowest BCUT2D eigenvalue weighted by molar-refractivity contribution is -0.385. The van der Waals surface area contributed by atoms with Crippen molar-refractivity contribution in [2.75, 3.05) is 25.1 Å². The molecule has 1 fully saturated rings. The molecule has 0 bridgehead atoms. The monoisotopic (exact) mass is 290 g/mol. The number of nitriles is 1. The molecule has 0 radical (unpaired) electrons. The first-order valence-electron chi connectivity index (χ1n) is 6.44. The summed E-state index contributed by atoms with van der Waals surface area (Å²) in [5.41, 5.74) is -0.0412. The zero-order valence-corrected chi connectivity index (χ0v) is 11.5. The maximum Gasteiger partial charge on any atom is 0.308 e. The number of esters is 1. The van der Waals surface area contributed by atoms with Gasteiger partial charge in [0.25, 0.3) is 5.69 Å². The molecular formula is C13H14N4O4. The van der Waals surface area contributed by atoms with Crippen molar-refractivity contribution in [3.8, 4) is 6.07 Å². The van der Waals surface area contributed by atoms with Gasteiger partial charge in [0.15, 0.2) is 0 Å². The number of nitrogens with zero attached hydrogens (tertiary/aromatic N) is 4. The Hall–Kier alpha value is -2.69. The lowest BCUT2D eigenvalue weighted by atomic mass is 9.97. The Kier molecular flexibility index (Phi) is 4.33. The molecule has 0 aliphatic carbocycles. The molecule has 21 heavy (non-hydrogen) atoms. The summed E-state index contributed by atoms with van der Waals surface area (Å²) in [6.45, 7) is 1.11. The van der Waals surface area contributed by atoms with Gasteiger partial charge in [-0.3, -0.25) is 14.9 Å². The van der Waals surface area contributed by atoms with Gasteiger partial charge in [0.05, 0.1) is 18.0 Å². The van der Waals surface area contributed by atoms with E-state index in [0.717, 1.165) is 6.20 Å². The molecule has 0 unspecified atom stereocenters. The number of hydrogen-bond donors (Lipinski definition) is 0. The minimum atomic E-state index is -0.582. The number of pyridine rings is 1. The molecule has 1 aliphatic rings. The minimum absolute atomic E-state index is 0.144. The average molecular weight is 290 g/mol. The van der Waals surface area contributed by atoms with Crippen LogP contribution in [0.15, 0.2) is 12.3 Å². The standard InChI is InChI=1S/C13H14N4O4/c1-21-13(18)9-2-4-16(5-3-9)12-10(7-14)6-11(8-15-12)17(19)20/h6,8-9H,2-5H2,1H3. The predicted molar refractivity (Wildman–Crippen MR) is 72.6 cm³/mol. The molecule has 2 heterocycles. The lowest BCUT2D eigenvalue weighted by Crippen LogP contribution is -2.37. The SMILES string of the molecule is COC(=O)C1CCN(c2ncc([N+](=O)[O-])cc2C#N)CC1. The fourth-order valence-corrected chi connectivity index (χ4v) is 2.37. The fraction of sp³-hybridized carbons (Fsp3) is 0.462. The van der Waals surface area contributed by atoms with E-state index in [2.05, 4.69) is 4.98 Å². The number of aromatic nitrogens is 1. The predicted octanol–water partition coefficient (Wildman–Crippen LogP) is 1.25. The second-order valence-electron chi connectivity index (χ2n) is 4.72. The van der Waals surface area contributed by atoms with Gasteiger partial charge in [0.2, 0.25) is 0 Å². The van der Waals surface area contributed by atoms with Gasteiger partial charge in [-0.1, -0.05) is 0 Å². The quantitative estimate of drug-likeness (QED) is 0.468. The zero-order chi connectivity index (χ0) is 15.4. The van der Waals surface area contributed by atoms with Crippen LogP contribution in [0, 0.1) is 27.4 Å². The Bertz CT molecular complexity index is 603. The number of hydrogen-bond acceptors (Lipinski definition) is 7. The summed E-state index contributed by atoms with van der Waals surface area (Å²) in [5.74, 6) is 0.0491. The molecule has 0 aromatic carbocycles. The summed E-state index contributed by atoms with van der Waals surface area (Å²) in [5, 5.41) is 19.8. The number of nitro groups is 1. The number of rotatable bonds is 3. The second kappa shape index (κ2) is 6.17. The van der Waals surface area contributed by atoms with E-state index in [1.165, 1.54) is 13.2 Å². The van der Waals surface area contributed by atoms with Crippen molar-refractivity contribution in [3.63, 3.8) is 0 Å². The first-order chi connectivity index (χ1) is 10.1. The van der Waals surface area contributed by atoms with Crippen molar-refractivity contribution in [1.82, 2.24) is 4.98 Å². The summed E-state index contributed by atoms with van der Waals surface area (Å²) < 4.78 is 4.72. The number of ether oxygens (including phenoxy) is 1. The maximum absolute atomic E-state index is 11.5. The van der Waals surface area contributed by atoms with Crippen LogP contribution in [0.2, 0.25) is 0 Å². The smallest absolute Gasteiger partial charge is 0.308 e. The number of anilines is 1. The summed E-state index contributed by atoms with van der Waals surface area (Å²) in [6.07, 6.45) is 2.36. The highest BCUT2D eigenvalue weighted by atomic mass is 16.6. The van der Waals surface area contributed by atoms with Crippen LogP contribution in [0.5, 0.6) is 0 Å². The largest absolute Gasteiger partial charge is 0.469 e. The molecule has 0 spiro atoms. The summed E-state index contributed by atoms with van der Waals surface area (Å²) in [7, 11) is 1.36. The average Bonchev–Trinajstić information content (AvgIpc) is 2.53. The van der Waals surface area contributed by atoms with E-state index in [-0.39, 0.29) is 23.1 Å². The lowest BCUT2D eigenvalue weighted by Gasteiger charge is -2.31. The summed E-state index contributed by atoms with van der Waals surface area (Å²) >= 11 is 0. The molecule has 2 rings (SSSR count). The van der Waals surface area contributed by atoms with E-state index in [1.807, 2.05) is 11.0 Å². The molecule has 0 saturated carbocycles. The molecular weight excluding hydrogens is 276 g/mol. The zero-order valence-electron chi connectivity index (χ0n) is 11.5. The molecule has 1 aromatic heterocycles. The molecule has 8 heteroatoms. The van der Waals surface area contributed by atoms with Gasteiger partial charge < -0.3 is 9.64 Å². The van der Waals surface area contributed by atoms with Gasteiger partial charge in [-0.2, -0.15) is 5.26 Å². The van der Waals surface area contributed by atoms with E-state index in [1.54, 1.807) is 0 Å². The Morgan fingerprint density at radius 1 is 1.57 bits per heavy atom. The molecule has 110 valence electrons. The van der Waals surface area contributed by atoms with Crippen molar-refractivity contribution in [2.45, 2.75) is 12.8 Å². The van der Waals surface area contributed by atoms with E-state index >= 15 is 0 Å². The van der Waals surface area contributed by atoms with Gasteiger partial charge in [-0.15, -0.1) is 0 Å². The Labute approximate surface area is 121 Å². The van der Waals surface area contributed by atoms with E-state index < -0.39 is 4.92 Å². The van der Waals surface area contributed by atoms with Gasteiger partial charge in [-0.25, -0.2) is 4.98 Å². The van der Waals surface area contributed by atoms with Crippen LogP contribution in [-0.4, -0.2) is 36.1 Å². The Morgan fingerprint density at radius 2 is 2.24 bits per heavy atom. The normalized spacial score (nSPS) is 15.3. The first-order valence-corrected chi connectivity index (χ1v) is 6.44. The third kappa shape index (κ3) is 3.08. The number of carbonyl (C=O) groups is 1. The highest BCUT2D eigenvalue weighted by molar-refractivity contribution is 5.72. The van der Waals surface area contributed by atoms with Crippen LogP contribution in [0.4, 0.5) is 11.5 Å². The van der Waals surface area contributed by atoms with Crippen LogP contribution in [0.3, 0.4) is 0 Å². The van der Waals surface area contributed by atoms with Crippen LogP contribution < -0.4 is 4.90 Å². The molecule has 0 atom stereocenters. The fourth-order valence-electron chi connectivity index (χ4n) is 2.37. The summed E-state index contributed by atoms with van der Waals surface area (Å²) in [4.78, 5) is 27.5. The molecule has 1 aromatic rings. The molecule has 0 N–H and O–H groups in total. The number of piperidine rings is 1. The Morgan fingerprint density at radius 3 is 2.76 bits per heavy atom. The van der Waals surface area contributed by atoms with Crippen LogP contribution in [0.25, 0.3) is 0 Å². The maximum atomic E-state index is 11.5. The minimum Gasteiger partial charge on any atom is -0.469 e. The topological polar surface area (TPSA) is 109 Å². The number of methoxy groups -OCH3 is 1. The van der Waals surface area contributed by atoms with E-state index in [4.69, 9.17) is 10.00 Å². The van der Waals surface area contributed by atoms with Crippen molar-refractivity contribution in [3.05, 3.63) is 27.9 Å². The Balaban J connectivity index is 2.15. The van der Waals surface area contributed by atoms with Crippen LogP contribution in [0.1, 0.15) is 18.4 Å². The van der Waals surface area contributed by atoms with Crippen molar-refractivity contribution >= 4 is 17.5 Å². The van der Waals surface area contributed by atoms with Gasteiger partial charge in [0.1, 0.15) is 23.6 Å². The number of carbonyl (C=O) groups excluding carboxylic acids is 1.